The molecule has 4 fully saturated rings. The Morgan fingerprint density at radius 3 is 3.11 bits per heavy atom. The number of nitrogens with zero attached hydrogens (tertiary/aromatic N) is 2. The zero-order chi connectivity index (χ0) is 18.7. The van der Waals surface area contributed by atoms with Crippen molar-refractivity contribution in [3.05, 3.63) is 41.5 Å². The van der Waals surface area contributed by atoms with E-state index in [1.54, 1.807) is 0 Å². The molecule has 1 spiro atoms. The van der Waals surface area contributed by atoms with Gasteiger partial charge in [0.25, 0.3) is 0 Å². The number of rotatable bonds is 2. The van der Waals surface area contributed by atoms with Gasteiger partial charge in [-0.3, -0.25) is 9.69 Å². The maximum absolute atomic E-state index is 13.4. The summed E-state index contributed by atoms with van der Waals surface area (Å²) in [5.74, 6) is 1.05. The lowest BCUT2D eigenvalue weighted by atomic mass is 9.51. The van der Waals surface area contributed by atoms with Crippen LogP contribution in [0.25, 0.3) is 0 Å². The molecular weight excluding hydrogens is 352 g/mol. The van der Waals surface area contributed by atoms with E-state index >= 15 is 0 Å². The van der Waals surface area contributed by atoms with Gasteiger partial charge in [-0.05, 0) is 37.3 Å². The number of amides is 1. The molecule has 5 heterocycles. The van der Waals surface area contributed by atoms with Gasteiger partial charge in [-0.1, -0.05) is 29.8 Å². The van der Waals surface area contributed by atoms with E-state index in [0.717, 1.165) is 31.6 Å². The van der Waals surface area contributed by atoms with E-state index in [-0.39, 0.29) is 29.2 Å². The van der Waals surface area contributed by atoms with Crippen LogP contribution >= 0.6 is 0 Å². The van der Waals surface area contributed by atoms with Crippen molar-refractivity contribution < 1.29 is 14.3 Å². The minimum atomic E-state index is -0.303. The second-order valence-corrected chi connectivity index (χ2v) is 9.33. The van der Waals surface area contributed by atoms with E-state index in [9.17, 15) is 4.79 Å². The summed E-state index contributed by atoms with van der Waals surface area (Å²) >= 11 is 0. The summed E-state index contributed by atoms with van der Waals surface area (Å²) < 4.78 is 13.1. The van der Waals surface area contributed by atoms with E-state index in [1.807, 2.05) is 0 Å². The first-order chi connectivity index (χ1) is 13.7. The average Bonchev–Trinajstić information content (AvgIpc) is 3.13. The molecule has 3 saturated heterocycles. The topological polar surface area (TPSA) is 42.0 Å². The highest BCUT2D eigenvalue weighted by molar-refractivity contribution is 5.99. The van der Waals surface area contributed by atoms with Crippen LogP contribution < -0.4 is 4.90 Å². The Morgan fingerprint density at radius 1 is 1.32 bits per heavy atom. The molecule has 0 aromatic heterocycles. The van der Waals surface area contributed by atoms with Crippen LogP contribution in [0.15, 0.2) is 35.9 Å². The molecule has 6 aliphatic rings. The Morgan fingerprint density at radius 2 is 2.21 bits per heavy atom. The van der Waals surface area contributed by atoms with Crippen LogP contribution in [0.4, 0.5) is 5.69 Å². The number of benzene rings is 1. The predicted octanol–water partition coefficient (Wildman–Crippen LogP) is 2.46. The van der Waals surface area contributed by atoms with E-state index in [1.165, 1.54) is 11.1 Å². The molecule has 1 amide bonds. The summed E-state index contributed by atoms with van der Waals surface area (Å²) in [6.07, 6.45) is 4.94. The number of carbonyl (C=O) groups is 1. The molecule has 0 radical (unpaired) electrons. The van der Waals surface area contributed by atoms with Gasteiger partial charge < -0.3 is 14.4 Å². The summed E-state index contributed by atoms with van der Waals surface area (Å²) in [6.45, 7) is 5.49. The molecule has 0 N–H and O–H groups in total. The van der Waals surface area contributed by atoms with Gasteiger partial charge in [-0.15, -0.1) is 0 Å². The van der Waals surface area contributed by atoms with Gasteiger partial charge in [-0.2, -0.15) is 0 Å². The van der Waals surface area contributed by atoms with E-state index < -0.39 is 0 Å². The van der Waals surface area contributed by atoms with Crippen LogP contribution in [0.2, 0.25) is 0 Å². The third-order valence-electron chi connectivity index (χ3n) is 8.70. The molecule has 1 aliphatic carbocycles. The molecule has 1 aromatic carbocycles. The minimum Gasteiger partial charge on any atom is -0.373 e. The zero-order valence-corrected chi connectivity index (χ0v) is 16.3. The van der Waals surface area contributed by atoms with Gasteiger partial charge >= 0.3 is 0 Å². The molecule has 146 valence electrons. The highest BCUT2D eigenvalue weighted by Gasteiger charge is 2.77. The second-order valence-electron chi connectivity index (χ2n) is 9.33. The highest BCUT2D eigenvalue weighted by Crippen LogP contribution is 2.70. The lowest BCUT2D eigenvalue weighted by Crippen LogP contribution is -2.75. The normalized spacial score (nSPS) is 45.0. The fraction of sp³-hybridized carbons (Fsp3) is 0.609. The van der Waals surface area contributed by atoms with Crippen molar-refractivity contribution in [3.63, 3.8) is 0 Å². The van der Waals surface area contributed by atoms with Gasteiger partial charge in [0.1, 0.15) is 5.72 Å². The van der Waals surface area contributed by atoms with Crippen molar-refractivity contribution in [1.29, 1.82) is 0 Å². The molecule has 5 heteroatoms. The lowest BCUT2D eigenvalue weighted by Gasteiger charge is -2.63. The number of hydrogen-bond donors (Lipinski definition) is 0. The summed E-state index contributed by atoms with van der Waals surface area (Å²) in [5.41, 5.74) is 3.53. The van der Waals surface area contributed by atoms with Crippen molar-refractivity contribution in [3.8, 4) is 0 Å². The molecule has 2 bridgehead atoms. The largest absolute Gasteiger partial charge is 0.373 e. The number of ether oxygens (including phenoxy) is 2. The number of piperidine rings is 2. The molecule has 6 atom stereocenters. The third kappa shape index (κ3) is 1.52. The summed E-state index contributed by atoms with van der Waals surface area (Å²) in [7, 11) is 0. The Balaban J connectivity index is 1.57. The van der Waals surface area contributed by atoms with Crippen LogP contribution in [-0.4, -0.2) is 55.0 Å². The molecule has 5 aliphatic heterocycles. The Kier molecular flexibility index (Phi) is 2.92. The van der Waals surface area contributed by atoms with Crippen molar-refractivity contribution in [2.45, 2.75) is 49.5 Å². The fourth-order valence-electron chi connectivity index (χ4n) is 8.01. The van der Waals surface area contributed by atoms with Crippen molar-refractivity contribution >= 4 is 11.6 Å². The van der Waals surface area contributed by atoms with Crippen LogP contribution in [0.1, 0.15) is 31.7 Å². The molecule has 5 nitrogen and oxygen atoms in total. The van der Waals surface area contributed by atoms with E-state index in [0.29, 0.717) is 31.5 Å². The first kappa shape index (κ1) is 16.1. The molecular formula is C23H26N2O3. The molecule has 7 rings (SSSR count). The summed E-state index contributed by atoms with van der Waals surface area (Å²) in [6, 6.07) is 8.78. The molecule has 1 aromatic rings. The molecule has 28 heavy (non-hydrogen) atoms. The summed E-state index contributed by atoms with van der Waals surface area (Å²) in [5, 5.41) is 0. The molecule has 1 unspecified atom stereocenters. The highest BCUT2D eigenvalue weighted by atomic mass is 16.5. The van der Waals surface area contributed by atoms with Gasteiger partial charge in [0, 0.05) is 31.3 Å². The van der Waals surface area contributed by atoms with E-state index in [4.69, 9.17) is 9.47 Å². The average molecular weight is 378 g/mol. The van der Waals surface area contributed by atoms with Gasteiger partial charge in [0.05, 0.1) is 30.6 Å². The number of anilines is 1. The SMILES string of the molecule is CCO[C@]12C[C@H]3C4=CCO[C@H]5CC(=O)N6c7ccccc7C1(CCN2C4)[C@@H]6[C@H]53. The standard InChI is InChI=1S/C23H26N2O3/c1-2-28-23-12-15-14-7-10-27-18-11-19(26)25-17-6-4-3-5-16(17)22(23,21(25)20(15)18)8-9-24(23)13-14/h3-7,15,18,20-21H,2,8-13H2,1H3/t15-,18-,20-,21-,22?,23+/m0/s1. The van der Waals surface area contributed by atoms with Crippen molar-refractivity contribution in [2.75, 3.05) is 31.2 Å². The van der Waals surface area contributed by atoms with Gasteiger partial charge in [0.15, 0.2) is 0 Å². The smallest absolute Gasteiger partial charge is 0.229 e. The number of carbonyl (C=O) groups excluding carboxylic acids is 1. The monoisotopic (exact) mass is 378 g/mol. The number of fused-ring (bicyclic) bond motifs is 2. The first-order valence-corrected chi connectivity index (χ1v) is 10.8. The van der Waals surface area contributed by atoms with Gasteiger partial charge in [0.2, 0.25) is 5.91 Å². The number of para-hydroxylation sites is 1. The van der Waals surface area contributed by atoms with Crippen LogP contribution in [0.5, 0.6) is 0 Å². The Bertz CT molecular complexity index is 928. The maximum atomic E-state index is 13.4. The van der Waals surface area contributed by atoms with Crippen LogP contribution in [-0.2, 0) is 19.7 Å². The van der Waals surface area contributed by atoms with Crippen LogP contribution in [0, 0.1) is 11.8 Å². The maximum Gasteiger partial charge on any atom is 0.229 e. The Labute approximate surface area is 165 Å². The number of hydrogen-bond acceptors (Lipinski definition) is 4. The van der Waals surface area contributed by atoms with Crippen LogP contribution in [0.3, 0.4) is 0 Å². The van der Waals surface area contributed by atoms with Crippen molar-refractivity contribution in [2.24, 2.45) is 11.8 Å². The minimum absolute atomic E-state index is 0.0328. The second kappa shape index (κ2) is 5.07. The van der Waals surface area contributed by atoms with Crippen molar-refractivity contribution in [1.82, 2.24) is 4.90 Å². The first-order valence-electron chi connectivity index (χ1n) is 10.8. The quantitative estimate of drug-likeness (QED) is 0.742. The third-order valence-corrected chi connectivity index (χ3v) is 8.70. The summed E-state index contributed by atoms with van der Waals surface area (Å²) in [4.78, 5) is 18.2. The zero-order valence-electron chi connectivity index (χ0n) is 16.3. The Hall–Kier alpha value is -1.69. The predicted molar refractivity (Wildman–Crippen MR) is 104 cm³/mol. The lowest BCUT2D eigenvalue weighted by molar-refractivity contribution is -0.225. The van der Waals surface area contributed by atoms with E-state index in [2.05, 4.69) is 47.1 Å². The molecule has 1 saturated carbocycles. The van der Waals surface area contributed by atoms with Gasteiger partial charge in [-0.25, -0.2) is 0 Å². The fourth-order valence-corrected chi connectivity index (χ4v) is 8.01.